The second-order valence-electron chi connectivity index (χ2n) is 9.67. The Morgan fingerprint density at radius 3 is 1.34 bits per heavy atom. The molecule has 0 spiro atoms. The molecule has 0 aromatic heterocycles. The maximum Gasteiger partial charge on any atom is 0.271 e. The number of nitrogens with one attached hydrogen (secondary N) is 2. The van der Waals surface area contributed by atoms with E-state index in [0.717, 1.165) is 22.3 Å². The van der Waals surface area contributed by atoms with Gasteiger partial charge in [0.2, 0.25) is 0 Å². The molecule has 44 heavy (non-hydrogen) atoms. The normalized spacial score (nSPS) is 10.9. The second kappa shape index (κ2) is 15.3. The average Bonchev–Trinajstić information content (AvgIpc) is 3.08. The molecule has 5 aromatic carbocycles. The maximum absolute atomic E-state index is 12.5. The van der Waals surface area contributed by atoms with Crippen molar-refractivity contribution in [2.24, 2.45) is 10.2 Å². The van der Waals surface area contributed by atoms with E-state index in [-0.39, 0.29) is 0 Å². The lowest BCUT2D eigenvalue weighted by atomic mass is 10.1. The third-order valence-electron chi connectivity index (χ3n) is 6.38. The number of amides is 2. The lowest BCUT2D eigenvalue weighted by Crippen LogP contribution is -2.19. The van der Waals surface area contributed by atoms with Crippen LogP contribution < -0.4 is 20.3 Å². The highest BCUT2D eigenvalue weighted by Crippen LogP contribution is 2.15. The molecule has 0 fully saturated rings. The van der Waals surface area contributed by atoms with Crippen molar-refractivity contribution in [2.45, 2.75) is 13.2 Å². The summed E-state index contributed by atoms with van der Waals surface area (Å²) in [5.74, 6) is 0.585. The van der Waals surface area contributed by atoms with Gasteiger partial charge in [0.25, 0.3) is 11.8 Å². The quantitative estimate of drug-likeness (QED) is 0.132. The van der Waals surface area contributed by atoms with Crippen LogP contribution in [0.5, 0.6) is 11.5 Å². The molecule has 8 nitrogen and oxygen atoms in total. The van der Waals surface area contributed by atoms with Gasteiger partial charge in [-0.1, -0.05) is 84.9 Å². The van der Waals surface area contributed by atoms with Crippen LogP contribution in [0.2, 0.25) is 0 Å². The van der Waals surface area contributed by atoms with E-state index in [2.05, 4.69) is 21.1 Å². The van der Waals surface area contributed by atoms with Crippen molar-refractivity contribution in [1.29, 1.82) is 0 Å². The van der Waals surface area contributed by atoms with E-state index in [1.807, 2.05) is 109 Å². The predicted molar refractivity (Wildman–Crippen MR) is 171 cm³/mol. The molecular formula is C36H30N4O4. The minimum Gasteiger partial charge on any atom is -0.489 e. The third kappa shape index (κ3) is 8.99. The van der Waals surface area contributed by atoms with Gasteiger partial charge >= 0.3 is 0 Å². The van der Waals surface area contributed by atoms with E-state index >= 15 is 0 Å². The summed E-state index contributed by atoms with van der Waals surface area (Å²) in [6, 6.07) is 40.8. The van der Waals surface area contributed by atoms with Crippen LogP contribution >= 0.6 is 0 Å². The van der Waals surface area contributed by atoms with Crippen molar-refractivity contribution in [1.82, 2.24) is 10.9 Å². The molecule has 0 aliphatic carbocycles. The Hall–Kier alpha value is -6.02. The van der Waals surface area contributed by atoms with Crippen LogP contribution in [0.4, 0.5) is 0 Å². The van der Waals surface area contributed by atoms with Crippen LogP contribution in [0.25, 0.3) is 0 Å². The van der Waals surface area contributed by atoms with E-state index in [4.69, 9.17) is 9.47 Å². The molecule has 0 atom stereocenters. The van der Waals surface area contributed by atoms with Gasteiger partial charge in [0.05, 0.1) is 12.4 Å². The maximum atomic E-state index is 12.5. The summed E-state index contributed by atoms with van der Waals surface area (Å²) in [5.41, 5.74) is 9.41. The van der Waals surface area contributed by atoms with Crippen LogP contribution in [0, 0.1) is 0 Å². The fourth-order valence-electron chi connectivity index (χ4n) is 4.08. The Bertz CT molecular complexity index is 1610. The topological polar surface area (TPSA) is 101 Å². The van der Waals surface area contributed by atoms with Crippen molar-refractivity contribution < 1.29 is 19.1 Å². The first-order chi connectivity index (χ1) is 21.6. The third-order valence-corrected chi connectivity index (χ3v) is 6.38. The summed E-state index contributed by atoms with van der Waals surface area (Å²) < 4.78 is 11.7. The molecule has 0 aliphatic rings. The highest BCUT2D eigenvalue weighted by Gasteiger charge is 2.08. The Morgan fingerprint density at radius 1 is 0.523 bits per heavy atom. The van der Waals surface area contributed by atoms with Crippen molar-refractivity contribution in [3.63, 3.8) is 0 Å². The van der Waals surface area contributed by atoms with Gasteiger partial charge in [0.1, 0.15) is 24.7 Å². The molecule has 2 N–H and O–H groups in total. The summed E-state index contributed by atoms with van der Waals surface area (Å²) in [7, 11) is 0. The van der Waals surface area contributed by atoms with E-state index in [0.29, 0.717) is 35.8 Å². The average molecular weight is 583 g/mol. The fraction of sp³-hybridized carbons (Fsp3) is 0.0556. The van der Waals surface area contributed by atoms with Gasteiger partial charge in [0, 0.05) is 11.1 Å². The van der Waals surface area contributed by atoms with Crippen molar-refractivity contribution in [3.05, 3.63) is 167 Å². The molecule has 5 aromatic rings. The molecule has 0 unspecified atom stereocenters. The number of benzene rings is 5. The summed E-state index contributed by atoms with van der Waals surface area (Å²) in [6.45, 7) is 0.912. The van der Waals surface area contributed by atoms with Gasteiger partial charge in [-0.15, -0.1) is 0 Å². The van der Waals surface area contributed by atoms with Crippen LogP contribution in [0.3, 0.4) is 0 Å². The largest absolute Gasteiger partial charge is 0.489 e. The number of ether oxygens (including phenoxy) is 2. The Kier molecular flexibility index (Phi) is 10.2. The number of carbonyl (C=O) groups excluding carboxylic acids is 2. The molecule has 0 saturated carbocycles. The SMILES string of the molecule is O=C(NN=Cc1cccc(OCc2ccccc2)c1)c1ccc(C(=O)NN=Cc2cccc(OCc3ccccc3)c2)cc1. The predicted octanol–water partition coefficient (Wildman–Crippen LogP) is 6.37. The van der Waals surface area contributed by atoms with Gasteiger partial charge < -0.3 is 9.47 Å². The van der Waals surface area contributed by atoms with E-state index < -0.39 is 11.8 Å². The minimum absolute atomic E-state index is 0.356. The molecule has 0 heterocycles. The number of nitrogens with zero attached hydrogens (tertiary/aromatic N) is 2. The zero-order chi connectivity index (χ0) is 30.4. The Labute approximate surface area is 255 Å². The highest BCUT2D eigenvalue weighted by molar-refractivity contribution is 5.98. The number of carbonyl (C=O) groups is 2. The Balaban J connectivity index is 1.08. The Morgan fingerprint density at radius 2 is 0.932 bits per heavy atom. The first kappa shape index (κ1) is 29.5. The van der Waals surface area contributed by atoms with Crippen LogP contribution in [-0.2, 0) is 13.2 Å². The van der Waals surface area contributed by atoms with E-state index in [1.54, 1.807) is 24.3 Å². The van der Waals surface area contributed by atoms with Gasteiger partial charge in [-0.25, -0.2) is 10.9 Å². The standard InChI is InChI=1S/C36H30N4O4/c41-35(39-37-23-29-13-7-15-33(21-29)43-25-27-9-3-1-4-10-27)31-17-19-32(20-18-31)36(42)40-38-24-30-14-8-16-34(22-30)44-26-28-11-5-2-6-12-28/h1-24H,25-26H2,(H,39,41)(H,40,42). The van der Waals surface area contributed by atoms with Crippen LogP contribution in [0.15, 0.2) is 144 Å². The number of hydrogen-bond acceptors (Lipinski definition) is 6. The van der Waals surface area contributed by atoms with Crippen molar-refractivity contribution >= 4 is 24.2 Å². The summed E-state index contributed by atoms with van der Waals surface area (Å²) >= 11 is 0. The number of hydrazone groups is 2. The smallest absolute Gasteiger partial charge is 0.271 e. The fourth-order valence-corrected chi connectivity index (χ4v) is 4.08. The van der Waals surface area contributed by atoms with Crippen LogP contribution in [-0.4, -0.2) is 24.2 Å². The summed E-state index contributed by atoms with van der Waals surface area (Å²) in [6.07, 6.45) is 3.08. The van der Waals surface area contributed by atoms with Crippen molar-refractivity contribution in [3.8, 4) is 11.5 Å². The van der Waals surface area contributed by atoms with Gasteiger partial charge in [-0.3, -0.25) is 9.59 Å². The highest BCUT2D eigenvalue weighted by atomic mass is 16.5. The lowest BCUT2D eigenvalue weighted by Gasteiger charge is -2.07. The van der Waals surface area contributed by atoms with Gasteiger partial charge in [-0.05, 0) is 70.8 Å². The van der Waals surface area contributed by atoms with Gasteiger partial charge in [-0.2, -0.15) is 10.2 Å². The molecule has 218 valence electrons. The first-order valence-corrected chi connectivity index (χ1v) is 13.9. The monoisotopic (exact) mass is 582 g/mol. The number of hydrogen-bond donors (Lipinski definition) is 2. The molecule has 0 aliphatic heterocycles. The molecular weight excluding hydrogens is 552 g/mol. The lowest BCUT2D eigenvalue weighted by molar-refractivity contribution is 0.0943. The summed E-state index contributed by atoms with van der Waals surface area (Å²) in [4.78, 5) is 25.1. The van der Waals surface area contributed by atoms with E-state index in [1.165, 1.54) is 12.4 Å². The molecule has 5 rings (SSSR count). The van der Waals surface area contributed by atoms with Crippen LogP contribution in [0.1, 0.15) is 43.0 Å². The summed E-state index contributed by atoms with van der Waals surface area (Å²) in [5, 5.41) is 8.10. The van der Waals surface area contributed by atoms with Gasteiger partial charge in [0.15, 0.2) is 0 Å². The molecule has 0 radical (unpaired) electrons. The van der Waals surface area contributed by atoms with E-state index in [9.17, 15) is 9.59 Å². The first-order valence-electron chi connectivity index (χ1n) is 13.9. The second-order valence-corrected chi connectivity index (χ2v) is 9.67. The number of rotatable bonds is 12. The minimum atomic E-state index is -0.405. The molecule has 0 bridgehead atoms. The molecule has 8 heteroatoms. The zero-order valence-electron chi connectivity index (χ0n) is 23.8. The van der Waals surface area contributed by atoms with Crippen molar-refractivity contribution in [2.75, 3.05) is 0 Å². The molecule has 2 amide bonds. The molecule has 0 saturated heterocycles. The zero-order valence-corrected chi connectivity index (χ0v) is 23.8.